The zero-order valence-corrected chi connectivity index (χ0v) is 7.57. The molecule has 1 aromatic carbocycles. The molecule has 0 aliphatic heterocycles. The molecule has 0 aromatic heterocycles. The van der Waals surface area contributed by atoms with Gasteiger partial charge in [0, 0.05) is 0 Å². The van der Waals surface area contributed by atoms with Crippen LogP contribution in [0.25, 0.3) is 0 Å². The van der Waals surface area contributed by atoms with Crippen LogP contribution in [-0.2, 0) is 4.79 Å². The van der Waals surface area contributed by atoms with Gasteiger partial charge in [-0.3, -0.25) is 4.79 Å². The highest BCUT2D eigenvalue weighted by Crippen LogP contribution is 2.11. The van der Waals surface area contributed by atoms with E-state index in [1.165, 1.54) is 0 Å². The lowest BCUT2D eigenvalue weighted by Crippen LogP contribution is -2.32. The van der Waals surface area contributed by atoms with E-state index in [0.717, 1.165) is 0 Å². The predicted molar refractivity (Wildman–Crippen MR) is 50.3 cm³/mol. The quantitative estimate of drug-likeness (QED) is 0.758. The molecule has 0 heterocycles. The number of primary amides is 1. The van der Waals surface area contributed by atoms with Gasteiger partial charge in [0.05, 0.1) is 0 Å². The Balaban J connectivity index is 2.62. The lowest BCUT2D eigenvalue weighted by Gasteiger charge is -2.13. The van der Waals surface area contributed by atoms with E-state index in [-0.39, 0.29) is 0 Å². The second-order valence-electron chi connectivity index (χ2n) is 2.73. The Labute approximate surface area is 77.5 Å². The summed E-state index contributed by atoms with van der Waals surface area (Å²) in [5.41, 5.74) is 5.13. The van der Waals surface area contributed by atoms with E-state index < -0.39 is 12.0 Å². The van der Waals surface area contributed by atoms with Crippen LogP contribution in [0.15, 0.2) is 30.3 Å². The van der Waals surface area contributed by atoms with Crippen LogP contribution in [0, 0.1) is 0 Å². The van der Waals surface area contributed by atoms with E-state index in [4.69, 9.17) is 10.5 Å². The van der Waals surface area contributed by atoms with Gasteiger partial charge in [-0.05, 0) is 18.6 Å². The minimum absolute atomic E-state index is 0.425. The van der Waals surface area contributed by atoms with Crippen molar-refractivity contribution >= 4 is 5.91 Å². The van der Waals surface area contributed by atoms with Crippen molar-refractivity contribution < 1.29 is 9.53 Å². The number of hydrogen-bond acceptors (Lipinski definition) is 2. The second-order valence-corrected chi connectivity index (χ2v) is 2.73. The van der Waals surface area contributed by atoms with Gasteiger partial charge in [-0.15, -0.1) is 0 Å². The summed E-state index contributed by atoms with van der Waals surface area (Å²) >= 11 is 0. The van der Waals surface area contributed by atoms with Crippen molar-refractivity contribution in [2.75, 3.05) is 0 Å². The van der Waals surface area contributed by atoms with E-state index >= 15 is 0 Å². The Morgan fingerprint density at radius 3 is 2.54 bits per heavy atom. The smallest absolute Gasteiger partial charge is 0.258 e. The SMILES string of the molecule is CC[C@H](Oc1ccccc1)C(N)=O. The number of carbonyl (C=O) groups excluding carboxylic acids is 1. The number of benzene rings is 1. The largest absolute Gasteiger partial charge is 0.481 e. The van der Waals surface area contributed by atoms with Gasteiger partial charge in [0.2, 0.25) is 0 Å². The van der Waals surface area contributed by atoms with Crippen molar-refractivity contribution in [2.45, 2.75) is 19.4 Å². The maximum Gasteiger partial charge on any atom is 0.258 e. The molecular weight excluding hydrogens is 166 g/mol. The number of hydrogen-bond donors (Lipinski definition) is 1. The lowest BCUT2D eigenvalue weighted by atomic mass is 10.2. The fourth-order valence-electron chi connectivity index (χ4n) is 1.01. The van der Waals surface area contributed by atoms with Crippen molar-refractivity contribution in [3.05, 3.63) is 30.3 Å². The maximum atomic E-state index is 10.8. The third-order valence-electron chi connectivity index (χ3n) is 1.71. The van der Waals surface area contributed by atoms with Gasteiger partial charge < -0.3 is 10.5 Å². The monoisotopic (exact) mass is 179 g/mol. The highest BCUT2D eigenvalue weighted by molar-refractivity contribution is 5.79. The molecule has 0 unspecified atom stereocenters. The first-order valence-corrected chi connectivity index (χ1v) is 4.25. The molecule has 70 valence electrons. The number of rotatable bonds is 4. The summed E-state index contributed by atoms with van der Waals surface area (Å²) in [7, 11) is 0. The Bertz CT molecular complexity index is 272. The molecule has 0 fully saturated rings. The van der Waals surface area contributed by atoms with E-state index in [1.54, 1.807) is 12.1 Å². The lowest BCUT2D eigenvalue weighted by molar-refractivity contribution is -0.124. The molecule has 3 nitrogen and oxygen atoms in total. The van der Waals surface area contributed by atoms with Crippen LogP contribution < -0.4 is 10.5 Å². The van der Waals surface area contributed by atoms with E-state index in [2.05, 4.69) is 0 Å². The van der Waals surface area contributed by atoms with E-state index in [9.17, 15) is 4.79 Å². The van der Waals surface area contributed by atoms with Crippen LogP contribution in [0.4, 0.5) is 0 Å². The first-order valence-electron chi connectivity index (χ1n) is 4.25. The molecule has 13 heavy (non-hydrogen) atoms. The standard InChI is InChI=1S/C10H13NO2/c1-2-9(10(11)12)13-8-6-4-3-5-7-8/h3-7,9H,2H2,1H3,(H2,11,12)/t9-/m0/s1. The molecule has 1 atom stereocenters. The van der Waals surface area contributed by atoms with Gasteiger partial charge in [-0.2, -0.15) is 0 Å². The van der Waals surface area contributed by atoms with Gasteiger partial charge in [0.15, 0.2) is 6.10 Å². The number of ether oxygens (including phenoxy) is 1. The molecule has 0 spiro atoms. The molecule has 1 amide bonds. The number of carbonyl (C=O) groups is 1. The Hall–Kier alpha value is -1.51. The summed E-state index contributed by atoms with van der Waals surface area (Å²) in [6.45, 7) is 1.86. The molecule has 1 aromatic rings. The average Bonchev–Trinajstić information content (AvgIpc) is 2.15. The summed E-state index contributed by atoms with van der Waals surface area (Å²) in [6.07, 6.45) is 0.0620. The summed E-state index contributed by atoms with van der Waals surface area (Å²) in [4.78, 5) is 10.8. The number of amides is 1. The summed E-state index contributed by atoms with van der Waals surface area (Å²) in [5.74, 6) is 0.250. The highest BCUT2D eigenvalue weighted by atomic mass is 16.5. The van der Waals surface area contributed by atoms with Crippen LogP contribution >= 0.6 is 0 Å². The highest BCUT2D eigenvalue weighted by Gasteiger charge is 2.13. The Kier molecular flexibility index (Phi) is 3.31. The van der Waals surface area contributed by atoms with Crippen LogP contribution in [-0.4, -0.2) is 12.0 Å². The van der Waals surface area contributed by atoms with Crippen LogP contribution in [0.2, 0.25) is 0 Å². The van der Waals surface area contributed by atoms with E-state index in [1.807, 2.05) is 25.1 Å². The molecule has 0 bridgehead atoms. The molecule has 3 heteroatoms. The van der Waals surface area contributed by atoms with Gasteiger partial charge >= 0.3 is 0 Å². The molecule has 0 saturated heterocycles. The van der Waals surface area contributed by atoms with Crippen LogP contribution in [0.1, 0.15) is 13.3 Å². The van der Waals surface area contributed by atoms with Crippen LogP contribution in [0.3, 0.4) is 0 Å². The maximum absolute atomic E-state index is 10.8. The first-order chi connectivity index (χ1) is 6.24. The van der Waals surface area contributed by atoms with Crippen molar-refractivity contribution in [1.29, 1.82) is 0 Å². The molecule has 0 radical (unpaired) electrons. The normalized spacial score (nSPS) is 12.1. The topological polar surface area (TPSA) is 52.3 Å². The average molecular weight is 179 g/mol. The second kappa shape index (κ2) is 4.50. The summed E-state index contributed by atoms with van der Waals surface area (Å²) in [5, 5.41) is 0. The summed E-state index contributed by atoms with van der Waals surface area (Å²) < 4.78 is 5.35. The zero-order chi connectivity index (χ0) is 9.68. The zero-order valence-electron chi connectivity index (χ0n) is 7.57. The number of nitrogens with two attached hydrogens (primary N) is 1. The van der Waals surface area contributed by atoms with Gasteiger partial charge in [-0.1, -0.05) is 25.1 Å². The molecule has 2 N–H and O–H groups in total. The van der Waals surface area contributed by atoms with Crippen molar-refractivity contribution in [3.8, 4) is 5.75 Å². The molecular formula is C10H13NO2. The third-order valence-corrected chi connectivity index (χ3v) is 1.71. The van der Waals surface area contributed by atoms with Crippen molar-refractivity contribution in [1.82, 2.24) is 0 Å². The Morgan fingerprint density at radius 2 is 2.08 bits per heavy atom. The van der Waals surface area contributed by atoms with E-state index in [0.29, 0.717) is 12.2 Å². The minimum atomic E-state index is -0.526. The summed E-state index contributed by atoms with van der Waals surface area (Å²) in [6, 6.07) is 9.18. The third kappa shape index (κ3) is 2.78. The minimum Gasteiger partial charge on any atom is -0.481 e. The molecule has 1 rings (SSSR count). The van der Waals surface area contributed by atoms with Crippen molar-refractivity contribution in [3.63, 3.8) is 0 Å². The van der Waals surface area contributed by atoms with Gasteiger partial charge in [-0.25, -0.2) is 0 Å². The molecule has 0 aliphatic rings. The number of para-hydroxylation sites is 1. The first kappa shape index (κ1) is 9.58. The van der Waals surface area contributed by atoms with Gasteiger partial charge in [0.1, 0.15) is 5.75 Å². The molecule has 0 aliphatic carbocycles. The Morgan fingerprint density at radius 1 is 1.46 bits per heavy atom. The van der Waals surface area contributed by atoms with Gasteiger partial charge in [0.25, 0.3) is 5.91 Å². The molecule has 0 saturated carbocycles. The fourth-order valence-corrected chi connectivity index (χ4v) is 1.01. The predicted octanol–water partition coefficient (Wildman–Crippen LogP) is 1.33. The van der Waals surface area contributed by atoms with Crippen LogP contribution in [0.5, 0.6) is 5.75 Å². The van der Waals surface area contributed by atoms with Crippen molar-refractivity contribution in [2.24, 2.45) is 5.73 Å². The fraction of sp³-hybridized carbons (Fsp3) is 0.300.